The summed E-state index contributed by atoms with van der Waals surface area (Å²) < 4.78 is 16.8. The molecule has 6 heteroatoms. The van der Waals surface area contributed by atoms with Crippen molar-refractivity contribution < 1.29 is 28.6 Å². The van der Waals surface area contributed by atoms with Crippen LogP contribution in [0.5, 0.6) is 0 Å². The van der Waals surface area contributed by atoms with E-state index < -0.39 is 6.10 Å². The van der Waals surface area contributed by atoms with Crippen molar-refractivity contribution in [3.63, 3.8) is 0 Å². The summed E-state index contributed by atoms with van der Waals surface area (Å²) >= 11 is 0. The maximum atomic E-state index is 12.8. The van der Waals surface area contributed by atoms with Gasteiger partial charge in [0.2, 0.25) is 0 Å². The van der Waals surface area contributed by atoms with Gasteiger partial charge in [-0.05, 0) is 109 Å². The van der Waals surface area contributed by atoms with Crippen LogP contribution in [-0.4, -0.2) is 37.2 Å². The third-order valence-electron chi connectivity index (χ3n) is 13.5. The van der Waals surface area contributed by atoms with Crippen LogP contribution in [0.25, 0.3) is 0 Å². The zero-order chi connectivity index (χ0) is 55.0. The van der Waals surface area contributed by atoms with Crippen molar-refractivity contribution >= 4 is 17.9 Å². The molecule has 0 aromatic heterocycles. The van der Waals surface area contributed by atoms with Crippen LogP contribution in [0.4, 0.5) is 0 Å². The first-order chi connectivity index (χ1) is 37.5. The Morgan fingerprint density at radius 1 is 0.276 bits per heavy atom. The number of hydrogen-bond acceptors (Lipinski definition) is 6. The lowest BCUT2D eigenvalue weighted by Crippen LogP contribution is -2.30. The maximum absolute atomic E-state index is 12.8. The average molecular weight is 1060 g/mol. The van der Waals surface area contributed by atoms with E-state index in [1.54, 1.807) is 0 Å². The fraction of sp³-hybridized carbons (Fsp3) is 0.700. The van der Waals surface area contributed by atoms with E-state index in [1.165, 1.54) is 128 Å². The number of allylic oxidation sites excluding steroid dienone is 18. The summed E-state index contributed by atoms with van der Waals surface area (Å²) in [7, 11) is 0. The van der Waals surface area contributed by atoms with Crippen molar-refractivity contribution in [2.75, 3.05) is 13.2 Å². The van der Waals surface area contributed by atoms with Gasteiger partial charge in [-0.3, -0.25) is 14.4 Å². The van der Waals surface area contributed by atoms with Gasteiger partial charge in [0.15, 0.2) is 6.10 Å². The van der Waals surface area contributed by atoms with E-state index in [-0.39, 0.29) is 31.1 Å². The minimum atomic E-state index is -0.785. The summed E-state index contributed by atoms with van der Waals surface area (Å²) in [6, 6.07) is 0. The standard InChI is InChI=1S/C70H118O6/c1-4-7-10-13-16-19-21-23-25-27-28-29-30-31-32-33-34-35-36-37-38-39-40-41-42-43-45-46-48-51-54-57-60-63-69(72)75-66-67(65-74-68(71)62-59-56-53-50-18-15-12-9-6-3)76-70(73)64-61-58-55-52-49-47-44-26-24-22-20-17-14-11-8-5-2/h7,10,16,19-20,22-23,25-26,28-29,31-32,34-35,37-38,44,67H,4-6,8-9,11-15,17-18,21,24,27,30,33,36,39-43,45-66H2,1-3H3/b10-7-,19-16-,22-20-,25-23-,29-28-,32-31-,35-34-,38-37-,44-26-. The molecule has 0 fully saturated rings. The molecule has 0 saturated heterocycles. The molecule has 0 aromatic rings. The Kier molecular flexibility index (Phi) is 60.3. The Morgan fingerprint density at radius 2 is 0.513 bits per heavy atom. The van der Waals surface area contributed by atoms with Crippen LogP contribution in [0.1, 0.15) is 297 Å². The molecule has 0 heterocycles. The topological polar surface area (TPSA) is 78.9 Å². The van der Waals surface area contributed by atoms with Gasteiger partial charge in [0.25, 0.3) is 0 Å². The number of ether oxygens (including phenoxy) is 3. The van der Waals surface area contributed by atoms with E-state index >= 15 is 0 Å². The van der Waals surface area contributed by atoms with Crippen LogP contribution in [0.3, 0.4) is 0 Å². The van der Waals surface area contributed by atoms with Crippen molar-refractivity contribution in [2.24, 2.45) is 0 Å². The molecule has 6 nitrogen and oxygen atoms in total. The van der Waals surface area contributed by atoms with Gasteiger partial charge < -0.3 is 14.2 Å². The van der Waals surface area contributed by atoms with Crippen LogP contribution in [0.2, 0.25) is 0 Å². The van der Waals surface area contributed by atoms with E-state index in [1.807, 2.05) is 0 Å². The molecule has 76 heavy (non-hydrogen) atoms. The molecule has 0 spiro atoms. The molecule has 0 radical (unpaired) electrons. The first kappa shape index (κ1) is 72.1. The highest BCUT2D eigenvalue weighted by atomic mass is 16.6. The van der Waals surface area contributed by atoms with Crippen LogP contribution in [0.15, 0.2) is 109 Å². The molecule has 434 valence electrons. The molecule has 0 N–H and O–H groups in total. The first-order valence-electron chi connectivity index (χ1n) is 31.9. The van der Waals surface area contributed by atoms with Crippen LogP contribution in [0, 0.1) is 0 Å². The molecule has 0 aliphatic rings. The second-order valence-corrected chi connectivity index (χ2v) is 20.9. The van der Waals surface area contributed by atoms with Crippen molar-refractivity contribution in [1.82, 2.24) is 0 Å². The van der Waals surface area contributed by atoms with Gasteiger partial charge in [0, 0.05) is 19.3 Å². The van der Waals surface area contributed by atoms with Gasteiger partial charge in [-0.2, -0.15) is 0 Å². The smallest absolute Gasteiger partial charge is 0.306 e. The number of carbonyl (C=O) groups excluding carboxylic acids is 3. The van der Waals surface area contributed by atoms with E-state index in [4.69, 9.17) is 14.2 Å². The van der Waals surface area contributed by atoms with Crippen molar-refractivity contribution in [2.45, 2.75) is 303 Å². The largest absolute Gasteiger partial charge is 0.462 e. The minimum Gasteiger partial charge on any atom is -0.462 e. The van der Waals surface area contributed by atoms with E-state index in [0.29, 0.717) is 19.3 Å². The molecule has 0 rings (SSSR count). The highest BCUT2D eigenvalue weighted by Gasteiger charge is 2.19. The molecular weight excluding hydrogens is 937 g/mol. The van der Waals surface area contributed by atoms with Gasteiger partial charge in [0.1, 0.15) is 13.2 Å². The summed E-state index contributed by atoms with van der Waals surface area (Å²) in [6.07, 6.45) is 86.8. The Balaban J connectivity index is 4.16. The number of hydrogen-bond donors (Lipinski definition) is 0. The monoisotopic (exact) mass is 1050 g/mol. The summed E-state index contributed by atoms with van der Waals surface area (Å²) in [5, 5.41) is 0. The first-order valence-corrected chi connectivity index (χ1v) is 31.9. The van der Waals surface area contributed by atoms with Crippen LogP contribution < -0.4 is 0 Å². The van der Waals surface area contributed by atoms with E-state index in [0.717, 1.165) is 128 Å². The molecule has 0 saturated carbocycles. The SMILES string of the molecule is CC/C=C\C/C=C\C/C=C\C/C=C\C/C=C\C/C=C\C/C=C\CCCCCCCCCCCCCC(=O)OCC(COC(=O)CCCCCCCCCCC)OC(=O)CCCCCCC/C=C\C/C=C\CCCCCC. The fourth-order valence-corrected chi connectivity index (χ4v) is 8.75. The Bertz CT molecular complexity index is 1540. The lowest BCUT2D eigenvalue weighted by atomic mass is 10.0. The number of carbonyl (C=O) groups is 3. The van der Waals surface area contributed by atoms with Crippen molar-refractivity contribution in [1.29, 1.82) is 0 Å². The highest BCUT2D eigenvalue weighted by Crippen LogP contribution is 2.16. The summed E-state index contributed by atoms with van der Waals surface area (Å²) in [4.78, 5) is 38.1. The lowest BCUT2D eigenvalue weighted by molar-refractivity contribution is -0.167. The van der Waals surface area contributed by atoms with E-state index in [9.17, 15) is 14.4 Å². The normalized spacial score (nSPS) is 12.8. The zero-order valence-electron chi connectivity index (χ0n) is 49.7. The van der Waals surface area contributed by atoms with Gasteiger partial charge in [-0.25, -0.2) is 0 Å². The highest BCUT2D eigenvalue weighted by molar-refractivity contribution is 5.71. The Labute approximate surface area is 470 Å². The number of unbranched alkanes of at least 4 members (excludes halogenated alkanes) is 28. The molecule has 0 aliphatic heterocycles. The predicted octanol–water partition coefficient (Wildman–Crippen LogP) is 21.8. The third-order valence-corrected chi connectivity index (χ3v) is 13.5. The third kappa shape index (κ3) is 60.9. The molecule has 0 amide bonds. The second-order valence-electron chi connectivity index (χ2n) is 20.9. The van der Waals surface area contributed by atoms with Gasteiger partial charge in [-0.15, -0.1) is 0 Å². The van der Waals surface area contributed by atoms with Gasteiger partial charge in [-0.1, -0.05) is 278 Å². The van der Waals surface area contributed by atoms with Gasteiger partial charge in [0.05, 0.1) is 0 Å². The minimum absolute atomic E-state index is 0.0821. The lowest BCUT2D eigenvalue weighted by Gasteiger charge is -2.18. The summed E-state index contributed by atoms with van der Waals surface area (Å²) in [6.45, 7) is 6.49. The van der Waals surface area contributed by atoms with E-state index in [2.05, 4.69) is 130 Å². The number of esters is 3. The summed E-state index contributed by atoms with van der Waals surface area (Å²) in [5.41, 5.74) is 0. The molecule has 1 unspecified atom stereocenters. The molecule has 0 aliphatic carbocycles. The average Bonchev–Trinajstić information content (AvgIpc) is 3.42. The van der Waals surface area contributed by atoms with Crippen LogP contribution in [-0.2, 0) is 28.6 Å². The zero-order valence-corrected chi connectivity index (χ0v) is 49.7. The fourth-order valence-electron chi connectivity index (χ4n) is 8.75. The van der Waals surface area contributed by atoms with Crippen molar-refractivity contribution in [3.05, 3.63) is 109 Å². The van der Waals surface area contributed by atoms with Crippen LogP contribution >= 0.6 is 0 Å². The van der Waals surface area contributed by atoms with Gasteiger partial charge >= 0.3 is 17.9 Å². The quantitative estimate of drug-likeness (QED) is 0.0261. The Hall–Kier alpha value is -3.93. The second kappa shape index (κ2) is 63.6. The molecule has 0 aromatic carbocycles. The molecule has 1 atom stereocenters. The maximum Gasteiger partial charge on any atom is 0.306 e. The van der Waals surface area contributed by atoms with Crippen molar-refractivity contribution in [3.8, 4) is 0 Å². The Morgan fingerprint density at radius 3 is 0.816 bits per heavy atom. The molecular formula is C70H118O6. The molecule has 0 bridgehead atoms. The summed E-state index contributed by atoms with van der Waals surface area (Å²) in [5.74, 6) is -0.896. The predicted molar refractivity (Wildman–Crippen MR) is 330 cm³/mol. The number of rotatable bonds is 57.